The van der Waals surface area contributed by atoms with Crippen LogP contribution in [0.25, 0.3) is 0 Å². The summed E-state index contributed by atoms with van der Waals surface area (Å²) in [4.78, 5) is 26.3. The van der Waals surface area contributed by atoms with Crippen LogP contribution in [0.2, 0.25) is 0 Å². The summed E-state index contributed by atoms with van der Waals surface area (Å²) in [6.45, 7) is 8.57. The van der Waals surface area contributed by atoms with E-state index in [-0.39, 0.29) is 29.8 Å². The van der Waals surface area contributed by atoms with Crippen LogP contribution in [0.5, 0.6) is 0 Å². The number of nitrogens with one attached hydrogen (secondary N) is 1. The van der Waals surface area contributed by atoms with Crippen molar-refractivity contribution in [2.45, 2.75) is 33.2 Å². The second-order valence-electron chi connectivity index (χ2n) is 6.05. The summed E-state index contributed by atoms with van der Waals surface area (Å²) in [5.74, 6) is -0.830. The molecule has 8 heteroatoms. The van der Waals surface area contributed by atoms with Crippen LogP contribution in [0.1, 0.15) is 37.6 Å². The number of likely N-dealkylation sites (N-methyl/N-ethyl adjacent to an activating group) is 1. The molecule has 0 spiro atoms. The molecular weight excluding hydrogens is 342 g/mol. The molecule has 1 N–H and O–H groups in total. The standard InChI is InChI=1S/C17H25N3O4S/c1-4-19(5-2)13(3)12-18-17(22)14-6-8-15(9-7-14)20-16(21)10-11-25(20,23)24/h6-9,13H,4-5,10-12H2,1-3H3,(H,18,22). The largest absolute Gasteiger partial charge is 0.350 e. The highest BCUT2D eigenvalue weighted by molar-refractivity contribution is 7.94. The lowest BCUT2D eigenvalue weighted by Crippen LogP contribution is -2.42. The van der Waals surface area contributed by atoms with Crippen LogP contribution >= 0.6 is 0 Å². The minimum atomic E-state index is -3.58. The first-order valence-electron chi connectivity index (χ1n) is 8.48. The van der Waals surface area contributed by atoms with Gasteiger partial charge in [-0.1, -0.05) is 13.8 Å². The number of carbonyl (C=O) groups excluding carboxylic acids is 2. The zero-order valence-corrected chi connectivity index (χ0v) is 15.7. The van der Waals surface area contributed by atoms with E-state index >= 15 is 0 Å². The molecule has 25 heavy (non-hydrogen) atoms. The molecule has 1 aliphatic rings. The number of hydrogen-bond acceptors (Lipinski definition) is 5. The van der Waals surface area contributed by atoms with Crippen LogP contribution in [0.3, 0.4) is 0 Å². The predicted molar refractivity (Wildman–Crippen MR) is 97.0 cm³/mol. The molecule has 2 rings (SSSR count). The number of hydrogen-bond donors (Lipinski definition) is 1. The minimum absolute atomic E-state index is 0.00613. The fourth-order valence-electron chi connectivity index (χ4n) is 2.94. The van der Waals surface area contributed by atoms with Crippen molar-refractivity contribution in [3.05, 3.63) is 29.8 Å². The van der Waals surface area contributed by atoms with Crippen molar-refractivity contribution in [2.24, 2.45) is 0 Å². The maximum Gasteiger partial charge on any atom is 0.251 e. The first kappa shape index (κ1) is 19.4. The third-order valence-electron chi connectivity index (χ3n) is 4.44. The van der Waals surface area contributed by atoms with Gasteiger partial charge in [-0.2, -0.15) is 0 Å². The topological polar surface area (TPSA) is 86.8 Å². The smallest absolute Gasteiger partial charge is 0.251 e. The predicted octanol–water partition coefficient (Wildman–Crippen LogP) is 1.21. The van der Waals surface area contributed by atoms with E-state index in [0.717, 1.165) is 17.4 Å². The Kier molecular flexibility index (Phi) is 6.18. The van der Waals surface area contributed by atoms with Crippen LogP contribution in [0.15, 0.2) is 24.3 Å². The van der Waals surface area contributed by atoms with Gasteiger partial charge < -0.3 is 5.32 Å². The molecule has 1 atom stereocenters. The van der Waals surface area contributed by atoms with Gasteiger partial charge >= 0.3 is 0 Å². The number of benzene rings is 1. The zero-order valence-electron chi connectivity index (χ0n) is 14.9. The van der Waals surface area contributed by atoms with Gasteiger partial charge in [-0.25, -0.2) is 12.7 Å². The van der Waals surface area contributed by atoms with Gasteiger partial charge in [-0.15, -0.1) is 0 Å². The summed E-state index contributed by atoms with van der Waals surface area (Å²) < 4.78 is 24.6. The van der Waals surface area contributed by atoms with Crippen molar-refractivity contribution in [3.63, 3.8) is 0 Å². The number of amides is 2. The lowest BCUT2D eigenvalue weighted by Gasteiger charge is -2.26. The Morgan fingerprint density at radius 2 is 1.84 bits per heavy atom. The summed E-state index contributed by atoms with van der Waals surface area (Å²) in [6.07, 6.45) is -0.00613. The van der Waals surface area contributed by atoms with Gasteiger partial charge in [-0.05, 0) is 44.3 Å². The van der Waals surface area contributed by atoms with E-state index in [2.05, 4.69) is 31.0 Å². The third kappa shape index (κ3) is 4.38. The van der Waals surface area contributed by atoms with Crippen molar-refractivity contribution in [2.75, 3.05) is 29.7 Å². The van der Waals surface area contributed by atoms with Crippen LogP contribution in [0.4, 0.5) is 5.69 Å². The molecule has 2 amide bonds. The zero-order chi connectivity index (χ0) is 18.6. The Hall–Kier alpha value is -1.93. The Balaban J connectivity index is 2.02. The molecule has 1 saturated heterocycles. The summed E-state index contributed by atoms with van der Waals surface area (Å²) in [6, 6.07) is 6.28. The second kappa shape index (κ2) is 7.97. The summed E-state index contributed by atoms with van der Waals surface area (Å²) in [7, 11) is -3.58. The molecule has 0 radical (unpaired) electrons. The Morgan fingerprint density at radius 3 is 2.32 bits per heavy atom. The Morgan fingerprint density at radius 1 is 1.24 bits per heavy atom. The minimum Gasteiger partial charge on any atom is -0.350 e. The second-order valence-corrected chi connectivity index (χ2v) is 7.99. The number of rotatable bonds is 7. The van der Waals surface area contributed by atoms with Gasteiger partial charge in [0.25, 0.3) is 5.91 Å². The molecular formula is C17H25N3O4S. The molecule has 138 valence electrons. The maximum atomic E-state index is 12.2. The molecule has 0 aromatic heterocycles. The van der Waals surface area contributed by atoms with Crippen LogP contribution < -0.4 is 9.62 Å². The molecule has 1 aromatic rings. The van der Waals surface area contributed by atoms with Crippen molar-refractivity contribution >= 4 is 27.5 Å². The van der Waals surface area contributed by atoms with E-state index in [4.69, 9.17) is 0 Å². The van der Waals surface area contributed by atoms with Crippen LogP contribution in [-0.2, 0) is 14.8 Å². The lowest BCUT2D eigenvalue weighted by molar-refractivity contribution is -0.116. The molecule has 0 saturated carbocycles. The molecule has 0 bridgehead atoms. The van der Waals surface area contributed by atoms with Crippen LogP contribution in [-0.4, -0.2) is 56.6 Å². The fourth-order valence-corrected chi connectivity index (χ4v) is 4.40. The Labute approximate surface area is 149 Å². The fraction of sp³-hybridized carbons (Fsp3) is 0.529. The highest BCUT2D eigenvalue weighted by Gasteiger charge is 2.36. The first-order chi connectivity index (χ1) is 11.8. The van der Waals surface area contributed by atoms with Gasteiger partial charge in [0.15, 0.2) is 0 Å². The molecule has 1 fully saturated rings. The van der Waals surface area contributed by atoms with Gasteiger partial charge in [0.05, 0.1) is 11.4 Å². The van der Waals surface area contributed by atoms with Gasteiger partial charge in [0.2, 0.25) is 15.9 Å². The van der Waals surface area contributed by atoms with Gasteiger partial charge in [-0.3, -0.25) is 14.5 Å². The monoisotopic (exact) mass is 367 g/mol. The molecule has 1 aromatic carbocycles. The highest BCUT2D eigenvalue weighted by Crippen LogP contribution is 2.25. The van der Waals surface area contributed by atoms with E-state index < -0.39 is 15.9 Å². The molecule has 7 nitrogen and oxygen atoms in total. The van der Waals surface area contributed by atoms with Crippen molar-refractivity contribution < 1.29 is 18.0 Å². The van der Waals surface area contributed by atoms with E-state index in [1.54, 1.807) is 0 Å². The van der Waals surface area contributed by atoms with E-state index in [1.165, 1.54) is 24.3 Å². The molecule has 0 aliphatic carbocycles. The summed E-state index contributed by atoms with van der Waals surface area (Å²) in [5, 5.41) is 2.88. The number of carbonyl (C=O) groups is 2. The van der Waals surface area contributed by atoms with Crippen LogP contribution in [0, 0.1) is 0 Å². The number of sulfonamides is 1. The quantitative estimate of drug-likeness (QED) is 0.783. The third-order valence-corrected chi connectivity index (χ3v) is 6.13. The average molecular weight is 367 g/mol. The van der Waals surface area contributed by atoms with E-state index in [0.29, 0.717) is 12.1 Å². The number of anilines is 1. The lowest BCUT2D eigenvalue weighted by atomic mass is 10.2. The Bertz CT molecular complexity index is 727. The SMILES string of the molecule is CCN(CC)C(C)CNC(=O)c1ccc(N2C(=O)CCS2(=O)=O)cc1. The highest BCUT2D eigenvalue weighted by atomic mass is 32.2. The van der Waals surface area contributed by atoms with E-state index in [1.807, 2.05) is 0 Å². The average Bonchev–Trinajstić information content (AvgIpc) is 2.87. The summed E-state index contributed by atoms with van der Waals surface area (Å²) >= 11 is 0. The van der Waals surface area contributed by atoms with Gasteiger partial charge in [0.1, 0.15) is 0 Å². The van der Waals surface area contributed by atoms with Crippen molar-refractivity contribution in [3.8, 4) is 0 Å². The molecule has 1 heterocycles. The number of nitrogens with zero attached hydrogens (tertiary/aromatic N) is 2. The van der Waals surface area contributed by atoms with Crippen molar-refractivity contribution in [1.29, 1.82) is 0 Å². The van der Waals surface area contributed by atoms with Gasteiger partial charge in [0, 0.05) is 24.6 Å². The van der Waals surface area contributed by atoms with Crippen molar-refractivity contribution in [1.82, 2.24) is 10.2 Å². The summed E-state index contributed by atoms with van der Waals surface area (Å²) in [5.41, 5.74) is 0.704. The maximum absolute atomic E-state index is 12.2. The normalized spacial score (nSPS) is 17.8. The van der Waals surface area contributed by atoms with E-state index in [9.17, 15) is 18.0 Å². The molecule has 1 aliphatic heterocycles. The molecule has 1 unspecified atom stereocenters. The first-order valence-corrected chi connectivity index (χ1v) is 10.1.